The number of carbonyl (C=O) groups excluding carboxylic acids is 2. The van der Waals surface area contributed by atoms with E-state index in [1.54, 1.807) is 0 Å². The summed E-state index contributed by atoms with van der Waals surface area (Å²) in [6, 6.07) is 9.95. The molecule has 1 unspecified atom stereocenters. The van der Waals surface area contributed by atoms with Crippen molar-refractivity contribution >= 4 is 27.3 Å². The molecule has 2 rings (SSSR count). The van der Waals surface area contributed by atoms with Crippen LogP contribution in [0.1, 0.15) is 17.3 Å². The van der Waals surface area contributed by atoms with E-state index < -0.39 is 32.7 Å². The molecule has 0 aromatic heterocycles. The summed E-state index contributed by atoms with van der Waals surface area (Å²) >= 11 is 0. The lowest BCUT2D eigenvalue weighted by Crippen LogP contribution is -2.32. The SMILES string of the molecule is CC(C(=O)Nc1ccc(C(N)=O)cc1)S(=O)(=O)c1ccc(F)cc1. The van der Waals surface area contributed by atoms with Crippen LogP contribution in [0.25, 0.3) is 0 Å². The van der Waals surface area contributed by atoms with Crippen LogP contribution in [0, 0.1) is 5.82 Å². The Morgan fingerprint density at radius 1 is 1.04 bits per heavy atom. The molecule has 3 N–H and O–H groups in total. The fourth-order valence-electron chi connectivity index (χ4n) is 1.93. The summed E-state index contributed by atoms with van der Waals surface area (Å²) in [7, 11) is -3.95. The van der Waals surface area contributed by atoms with Gasteiger partial charge in [-0.1, -0.05) is 0 Å². The van der Waals surface area contributed by atoms with E-state index in [2.05, 4.69) is 5.32 Å². The molecule has 2 aromatic carbocycles. The van der Waals surface area contributed by atoms with Gasteiger partial charge in [0.05, 0.1) is 4.90 Å². The number of hydrogen-bond acceptors (Lipinski definition) is 4. The molecule has 0 aliphatic carbocycles. The fraction of sp³-hybridized carbons (Fsp3) is 0.125. The highest BCUT2D eigenvalue weighted by Crippen LogP contribution is 2.18. The Morgan fingerprint density at radius 3 is 2.08 bits per heavy atom. The van der Waals surface area contributed by atoms with Crippen molar-refractivity contribution in [3.8, 4) is 0 Å². The standard InChI is InChI=1S/C16H15FN2O4S/c1-10(24(22,23)14-8-4-12(17)5-9-14)16(21)19-13-6-2-11(3-7-13)15(18)20/h2-10H,1H3,(H2,18,20)(H,19,21). The van der Waals surface area contributed by atoms with Crippen LogP contribution < -0.4 is 11.1 Å². The molecule has 0 radical (unpaired) electrons. The summed E-state index contributed by atoms with van der Waals surface area (Å²) in [5, 5.41) is 1.07. The summed E-state index contributed by atoms with van der Waals surface area (Å²) in [4.78, 5) is 23.0. The maximum atomic E-state index is 12.9. The fourth-order valence-corrected chi connectivity index (χ4v) is 3.20. The molecule has 0 aliphatic rings. The van der Waals surface area contributed by atoms with Gasteiger partial charge in [-0.05, 0) is 55.5 Å². The number of halogens is 1. The quantitative estimate of drug-likeness (QED) is 0.801. The van der Waals surface area contributed by atoms with Crippen LogP contribution in [-0.2, 0) is 14.6 Å². The Hall–Kier alpha value is -2.74. The van der Waals surface area contributed by atoms with Crippen LogP contribution >= 0.6 is 0 Å². The van der Waals surface area contributed by atoms with Crippen molar-refractivity contribution in [1.29, 1.82) is 0 Å². The number of hydrogen-bond donors (Lipinski definition) is 2. The summed E-state index contributed by atoms with van der Waals surface area (Å²) in [5.41, 5.74) is 5.70. The van der Waals surface area contributed by atoms with Crippen molar-refractivity contribution in [3.05, 3.63) is 59.9 Å². The van der Waals surface area contributed by atoms with E-state index in [4.69, 9.17) is 5.73 Å². The average molecular weight is 350 g/mol. The maximum absolute atomic E-state index is 12.9. The first-order valence-corrected chi connectivity index (χ1v) is 8.46. The van der Waals surface area contributed by atoms with E-state index >= 15 is 0 Å². The molecule has 0 saturated carbocycles. The number of primary amides is 1. The highest BCUT2D eigenvalue weighted by atomic mass is 32.2. The van der Waals surface area contributed by atoms with E-state index in [0.29, 0.717) is 5.69 Å². The Bertz CT molecular complexity index is 862. The average Bonchev–Trinajstić information content (AvgIpc) is 2.55. The highest BCUT2D eigenvalue weighted by molar-refractivity contribution is 7.92. The molecular formula is C16H15FN2O4S. The van der Waals surface area contributed by atoms with Crippen molar-refractivity contribution in [1.82, 2.24) is 0 Å². The van der Waals surface area contributed by atoms with Crippen LogP contribution in [0.5, 0.6) is 0 Å². The molecule has 0 fully saturated rings. The first kappa shape index (κ1) is 17.6. The molecule has 0 spiro atoms. The Labute approximate surface area is 138 Å². The topological polar surface area (TPSA) is 106 Å². The smallest absolute Gasteiger partial charge is 0.248 e. The van der Waals surface area contributed by atoms with E-state index in [0.717, 1.165) is 24.3 Å². The van der Waals surface area contributed by atoms with E-state index in [-0.39, 0.29) is 10.5 Å². The van der Waals surface area contributed by atoms with E-state index in [1.165, 1.54) is 31.2 Å². The van der Waals surface area contributed by atoms with Gasteiger partial charge in [0, 0.05) is 11.3 Å². The second kappa shape index (κ2) is 6.79. The number of amides is 2. The summed E-state index contributed by atoms with van der Waals surface area (Å²) in [6.45, 7) is 1.24. The van der Waals surface area contributed by atoms with Gasteiger partial charge in [-0.3, -0.25) is 9.59 Å². The summed E-state index contributed by atoms with van der Waals surface area (Å²) in [6.07, 6.45) is 0. The molecule has 0 bridgehead atoms. The predicted molar refractivity (Wildman–Crippen MR) is 86.6 cm³/mol. The molecule has 0 aliphatic heterocycles. The lowest BCUT2D eigenvalue weighted by atomic mass is 10.2. The van der Waals surface area contributed by atoms with Gasteiger partial charge >= 0.3 is 0 Å². The Morgan fingerprint density at radius 2 is 1.58 bits per heavy atom. The number of anilines is 1. The van der Waals surface area contributed by atoms with E-state index in [9.17, 15) is 22.4 Å². The van der Waals surface area contributed by atoms with Crippen molar-refractivity contribution in [3.63, 3.8) is 0 Å². The normalized spacial score (nSPS) is 12.4. The monoisotopic (exact) mass is 350 g/mol. The number of benzene rings is 2. The molecule has 126 valence electrons. The van der Waals surface area contributed by atoms with Gasteiger partial charge in [-0.2, -0.15) is 0 Å². The third kappa shape index (κ3) is 3.77. The Kier molecular flexibility index (Phi) is 4.99. The second-order valence-corrected chi connectivity index (χ2v) is 7.34. The van der Waals surface area contributed by atoms with Crippen LogP contribution in [0.3, 0.4) is 0 Å². The molecule has 8 heteroatoms. The number of nitrogens with two attached hydrogens (primary N) is 1. The highest BCUT2D eigenvalue weighted by Gasteiger charge is 2.29. The first-order valence-electron chi connectivity index (χ1n) is 6.92. The molecule has 2 aromatic rings. The van der Waals surface area contributed by atoms with Crippen molar-refractivity contribution in [2.24, 2.45) is 5.73 Å². The van der Waals surface area contributed by atoms with Gasteiger partial charge in [-0.25, -0.2) is 12.8 Å². The van der Waals surface area contributed by atoms with Gasteiger partial charge in [0.1, 0.15) is 11.1 Å². The molecule has 1 atom stereocenters. The zero-order chi connectivity index (χ0) is 17.9. The lowest BCUT2D eigenvalue weighted by Gasteiger charge is -2.13. The lowest BCUT2D eigenvalue weighted by molar-refractivity contribution is -0.115. The van der Waals surface area contributed by atoms with Gasteiger partial charge < -0.3 is 11.1 Å². The zero-order valence-corrected chi connectivity index (χ0v) is 13.5. The van der Waals surface area contributed by atoms with Crippen LogP contribution in [0.2, 0.25) is 0 Å². The van der Waals surface area contributed by atoms with Crippen molar-refractivity contribution in [2.75, 3.05) is 5.32 Å². The van der Waals surface area contributed by atoms with Gasteiger partial charge in [0.15, 0.2) is 9.84 Å². The molecule has 0 heterocycles. The third-order valence-electron chi connectivity index (χ3n) is 3.41. The van der Waals surface area contributed by atoms with Crippen LogP contribution in [0.15, 0.2) is 53.4 Å². The zero-order valence-electron chi connectivity index (χ0n) is 12.7. The minimum absolute atomic E-state index is 0.143. The third-order valence-corrected chi connectivity index (χ3v) is 5.49. The largest absolute Gasteiger partial charge is 0.366 e. The molecule has 0 saturated heterocycles. The van der Waals surface area contributed by atoms with Gasteiger partial charge in [0.25, 0.3) is 0 Å². The van der Waals surface area contributed by atoms with Gasteiger partial charge in [-0.15, -0.1) is 0 Å². The molecule has 6 nitrogen and oxygen atoms in total. The summed E-state index contributed by atoms with van der Waals surface area (Å²) in [5.74, 6) is -1.92. The van der Waals surface area contributed by atoms with Crippen LogP contribution in [0.4, 0.5) is 10.1 Å². The minimum atomic E-state index is -3.95. The van der Waals surface area contributed by atoms with Crippen molar-refractivity contribution in [2.45, 2.75) is 17.1 Å². The van der Waals surface area contributed by atoms with Crippen LogP contribution in [-0.4, -0.2) is 25.5 Å². The molecule has 2 amide bonds. The number of sulfone groups is 1. The minimum Gasteiger partial charge on any atom is -0.366 e. The molecule has 24 heavy (non-hydrogen) atoms. The number of rotatable bonds is 5. The van der Waals surface area contributed by atoms with Gasteiger partial charge in [0.2, 0.25) is 11.8 Å². The van der Waals surface area contributed by atoms with Crippen molar-refractivity contribution < 1.29 is 22.4 Å². The van der Waals surface area contributed by atoms with E-state index in [1.807, 2.05) is 0 Å². The number of nitrogens with one attached hydrogen (secondary N) is 1. The number of carbonyl (C=O) groups is 2. The Balaban J connectivity index is 2.16. The second-order valence-electron chi connectivity index (χ2n) is 5.07. The molecular weight excluding hydrogens is 335 g/mol. The maximum Gasteiger partial charge on any atom is 0.248 e. The summed E-state index contributed by atoms with van der Waals surface area (Å²) < 4.78 is 37.7. The predicted octanol–water partition coefficient (Wildman–Crippen LogP) is 1.73. The first-order chi connectivity index (χ1) is 11.2.